The molecular formula is C37H31N7O10. The monoisotopic (exact) mass is 733 g/mol. The number of nitriles is 1. The number of phenolic OH excluding ortho intramolecular Hbond substituents is 1. The van der Waals surface area contributed by atoms with Crippen molar-refractivity contribution < 1.29 is 43.6 Å². The molecule has 0 saturated heterocycles. The van der Waals surface area contributed by atoms with Crippen molar-refractivity contribution in [1.82, 2.24) is 9.80 Å². The summed E-state index contributed by atoms with van der Waals surface area (Å²) in [4.78, 5) is 110. The van der Waals surface area contributed by atoms with Crippen molar-refractivity contribution in [3.63, 3.8) is 0 Å². The van der Waals surface area contributed by atoms with E-state index in [4.69, 9.17) is 17.2 Å². The minimum atomic E-state index is -2.98. The minimum Gasteiger partial charge on any atom is -0.507 e. The number of fused-ring (bicyclic) bond motifs is 4. The smallest absolute Gasteiger partial charge is 0.270 e. The van der Waals surface area contributed by atoms with Crippen molar-refractivity contribution in [3.8, 4) is 22.9 Å². The molecule has 4 aliphatic rings. The number of nitrogens with zero attached hydrogens (tertiary/aromatic N) is 4. The Morgan fingerprint density at radius 2 is 1.63 bits per heavy atom. The summed E-state index contributed by atoms with van der Waals surface area (Å²) in [6.45, 7) is -0.577. The first-order valence-corrected chi connectivity index (χ1v) is 16.6. The topological polar surface area (TPSA) is 291 Å². The lowest BCUT2D eigenvalue weighted by molar-refractivity contribution is -0.384. The number of amides is 3. The van der Waals surface area contributed by atoms with Crippen LogP contribution < -0.4 is 17.2 Å². The molecule has 7 N–H and O–H groups in total. The molecule has 2 fully saturated rings. The average Bonchev–Trinajstić information content (AvgIpc) is 3.33. The highest BCUT2D eigenvalue weighted by atomic mass is 16.6. The van der Waals surface area contributed by atoms with Gasteiger partial charge in [0.2, 0.25) is 5.91 Å². The third-order valence-electron chi connectivity index (χ3n) is 11.2. The molecule has 2 saturated carbocycles. The highest BCUT2D eigenvalue weighted by molar-refractivity contribution is 6.33. The van der Waals surface area contributed by atoms with Crippen LogP contribution in [0.5, 0.6) is 5.75 Å². The van der Waals surface area contributed by atoms with E-state index in [1.165, 1.54) is 61.5 Å². The molecule has 17 heteroatoms. The molecule has 2 unspecified atom stereocenters. The van der Waals surface area contributed by atoms with Crippen LogP contribution in [0.2, 0.25) is 0 Å². The van der Waals surface area contributed by atoms with Gasteiger partial charge < -0.3 is 22.3 Å². The van der Waals surface area contributed by atoms with E-state index in [1.807, 2.05) is 0 Å². The van der Waals surface area contributed by atoms with Gasteiger partial charge >= 0.3 is 0 Å². The number of ketones is 4. The zero-order valence-electron chi connectivity index (χ0n) is 28.7. The second kappa shape index (κ2) is 11.8. The van der Waals surface area contributed by atoms with Gasteiger partial charge in [-0.3, -0.25) is 53.5 Å². The van der Waals surface area contributed by atoms with E-state index >= 15 is 0 Å². The van der Waals surface area contributed by atoms with Crippen molar-refractivity contribution in [1.29, 1.82) is 5.26 Å². The molecule has 3 aromatic rings. The molecule has 0 radical (unpaired) electrons. The Balaban J connectivity index is 1.46. The van der Waals surface area contributed by atoms with E-state index in [2.05, 4.69) is 0 Å². The van der Waals surface area contributed by atoms with Gasteiger partial charge in [-0.05, 0) is 61.8 Å². The van der Waals surface area contributed by atoms with Crippen LogP contribution in [-0.4, -0.2) is 91.9 Å². The highest BCUT2D eigenvalue weighted by Crippen LogP contribution is 2.57. The number of nitro groups is 1. The number of Topliss-reactive ketones (excluding diaryl/α,β-unsaturated/α-hetero) is 4. The number of rotatable bonds is 6. The average molecular weight is 734 g/mol. The van der Waals surface area contributed by atoms with Crippen molar-refractivity contribution in [2.24, 2.45) is 34.5 Å². The quantitative estimate of drug-likeness (QED) is 0.114. The molecule has 3 aromatic carbocycles. The van der Waals surface area contributed by atoms with Crippen molar-refractivity contribution >= 4 is 46.5 Å². The number of likely N-dealkylation sites (N-methyl/N-ethyl adjacent to an activating group) is 1. The fourth-order valence-corrected chi connectivity index (χ4v) is 9.05. The van der Waals surface area contributed by atoms with Gasteiger partial charge in [-0.15, -0.1) is 0 Å². The van der Waals surface area contributed by atoms with Crippen LogP contribution in [0.3, 0.4) is 0 Å². The first-order valence-electron chi connectivity index (χ1n) is 16.6. The van der Waals surface area contributed by atoms with E-state index in [0.29, 0.717) is 0 Å². The number of primary amides is 1. The lowest BCUT2D eigenvalue weighted by Crippen LogP contribution is -2.85. The number of hydrogen-bond acceptors (Lipinski definition) is 14. The largest absolute Gasteiger partial charge is 0.507 e. The predicted octanol–water partition coefficient (Wildman–Crippen LogP) is 0.180. The summed E-state index contributed by atoms with van der Waals surface area (Å²) >= 11 is 0. The Morgan fingerprint density at radius 3 is 2.19 bits per heavy atom. The van der Waals surface area contributed by atoms with Gasteiger partial charge in [-0.2, -0.15) is 5.26 Å². The molecule has 3 amide bonds. The second-order valence-electron chi connectivity index (χ2n) is 14.5. The minimum absolute atomic E-state index is 0.00796. The number of benzene rings is 3. The number of imide groups is 1. The Hall–Kier alpha value is -6.48. The summed E-state index contributed by atoms with van der Waals surface area (Å²) < 4.78 is 0. The van der Waals surface area contributed by atoms with E-state index in [1.54, 1.807) is 18.2 Å². The molecule has 6 atom stereocenters. The number of phenols is 1. The molecule has 7 rings (SSSR count). The fourth-order valence-electron chi connectivity index (χ4n) is 9.05. The molecule has 17 nitrogen and oxygen atoms in total. The van der Waals surface area contributed by atoms with E-state index in [0.717, 1.165) is 4.90 Å². The fraction of sp³-hybridized carbons (Fsp3) is 0.297. The number of carbonyl (C=O) groups is 7. The van der Waals surface area contributed by atoms with Crippen LogP contribution in [0, 0.1) is 38.7 Å². The van der Waals surface area contributed by atoms with Crippen LogP contribution in [0.15, 0.2) is 54.6 Å². The van der Waals surface area contributed by atoms with Gasteiger partial charge in [0.1, 0.15) is 11.7 Å². The van der Waals surface area contributed by atoms with Crippen LogP contribution in [0.1, 0.15) is 48.6 Å². The van der Waals surface area contributed by atoms with Crippen molar-refractivity contribution in [2.75, 3.05) is 14.1 Å². The normalized spacial score (nSPS) is 28.7. The summed E-state index contributed by atoms with van der Waals surface area (Å²) in [6.07, 6.45) is -1.13. The lowest BCUT2D eigenvalue weighted by Gasteiger charge is -2.60. The number of aromatic hydroxyl groups is 1. The highest BCUT2D eigenvalue weighted by Gasteiger charge is 2.78. The maximum atomic E-state index is 14.8. The number of hydrogen-bond donors (Lipinski definition) is 4. The molecule has 274 valence electrons. The van der Waals surface area contributed by atoms with Gasteiger partial charge in [0.05, 0.1) is 45.8 Å². The van der Waals surface area contributed by atoms with Gasteiger partial charge in [0.25, 0.3) is 17.5 Å². The molecule has 3 aliphatic carbocycles. The summed E-state index contributed by atoms with van der Waals surface area (Å²) in [5, 5.41) is 34.3. The Labute approximate surface area is 305 Å². The summed E-state index contributed by atoms with van der Waals surface area (Å²) in [5.74, 6) is -13.0. The standard InChI is InChI=1S/C37H31N7O10/c1-42(2)29-28(47)24(32(39)50)30(48)36(15-38)31(49)25-27(46)23-22(12-35(25,40)14-37(29,36)41)21(16-6-5-7-18(10-16)44(53)54)11-17(26(23)45)13-43-33(51)19-8-3-4-9-20(19)34(43)52/h3-11,24-25,29,45H,12-14,40-41H2,1-2H3,(H2,39,50)/t24?,25?,29-,35-,36+,37-/m1/s1. The lowest BCUT2D eigenvalue weighted by atomic mass is 9.42. The Bertz CT molecular complexity index is 2350. The number of nitro benzene ring substituents is 1. The zero-order chi connectivity index (χ0) is 39.4. The molecule has 0 aromatic heterocycles. The first kappa shape index (κ1) is 35.9. The van der Waals surface area contributed by atoms with Crippen molar-refractivity contribution in [2.45, 2.75) is 36.5 Å². The van der Waals surface area contributed by atoms with Crippen molar-refractivity contribution in [3.05, 3.63) is 92.5 Å². The summed E-state index contributed by atoms with van der Waals surface area (Å²) in [7, 11) is 2.76. The number of carbonyl (C=O) groups excluding carboxylic acids is 7. The van der Waals surface area contributed by atoms with Gasteiger partial charge in [0, 0.05) is 23.2 Å². The first-order chi connectivity index (χ1) is 25.4. The SMILES string of the molecule is CN(C)[C@@H]1C(=O)C(C(N)=O)C(=O)[C@@]2(C#N)C(=O)C3C(=O)c4c(O)c(CN5C(=O)c6ccccc6C5=O)cc(-c5cccc([N+](=O)[O-])c5)c4C[C@@]3(N)C[C@@]12N. The zero-order valence-corrected chi connectivity index (χ0v) is 28.7. The van der Waals surface area contributed by atoms with E-state index in [9.17, 15) is 54.0 Å². The molecular weight excluding hydrogens is 702 g/mol. The van der Waals surface area contributed by atoms with Crippen LogP contribution in [0.4, 0.5) is 5.69 Å². The summed E-state index contributed by atoms with van der Waals surface area (Å²) in [6, 6.07) is 12.7. The second-order valence-corrected chi connectivity index (χ2v) is 14.5. The van der Waals surface area contributed by atoms with Gasteiger partial charge in [-0.1, -0.05) is 24.3 Å². The maximum absolute atomic E-state index is 14.8. The Kier molecular flexibility index (Phi) is 7.82. The van der Waals surface area contributed by atoms with Gasteiger partial charge in [-0.25, -0.2) is 0 Å². The van der Waals surface area contributed by atoms with E-state index in [-0.39, 0.29) is 39.1 Å². The number of nitrogens with two attached hydrogens (primary N) is 3. The van der Waals surface area contributed by atoms with Crippen LogP contribution in [0.25, 0.3) is 11.1 Å². The Morgan fingerprint density at radius 1 is 1.00 bits per heavy atom. The van der Waals surface area contributed by atoms with Gasteiger partial charge in [0.15, 0.2) is 34.5 Å². The third-order valence-corrected chi connectivity index (χ3v) is 11.2. The molecule has 54 heavy (non-hydrogen) atoms. The molecule has 0 spiro atoms. The predicted molar refractivity (Wildman–Crippen MR) is 184 cm³/mol. The van der Waals surface area contributed by atoms with Crippen LogP contribution >= 0.6 is 0 Å². The molecule has 1 aliphatic heterocycles. The van der Waals surface area contributed by atoms with Crippen LogP contribution in [-0.2, 0) is 32.1 Å². The maximum Gasteiger partial charge on any atom is 0.270 e. The van der Waals surface area contributed by atoms with E-state index < -0.39 is 111 Å². The molecule has 0 bridgehead atoms. The third kappa shape index (κ3) is 4.50. The molecule has 1 heterocycles. The number of non-ortho nitro benzene ring substituents is 1. The summed E-state index contributed by atoms with van der Waals surface area (Å²) in [5.41, 5.74) is 11.4.